The number of sulfonamides is 1. The number of nitrogens with one attached hydrogen (secondary N) is 2. The molecule has 0 atom stereocenters. The maximum absolute atomic E-state index is 15.7. The fourth-order valence-corrected chi connectivity index (χ4v) is 5.54. The van der Waals surface area contributed by atoms with E-state index in [1.54, 1.807) is 16.5 Å². The van der Waals surface area contributed by atoms with E-state index < -0.39 is 37.8 Å². The van der Waals surface area contributed by atoms with Crippen molar-refractivity contribution in [3.63, 3.8) is 0 Å². The molecule has 0 saturated heterocycles. The summed E-state index contributed by atoms with van der Waals surface area (Å²) in [5.41, 5.74) is 1.94. The maximum atomic E-state index is 15.7. The first-order valence-corrected chi connectivity index (χ1v) is 13.1. The Labute approximate surface area is 225 Å². The molecule has 198 valence electrons. The number of imidazole rings is 2. The first-order valence-electron chi connectivity index (χ1n) is 11.7. The Morgan fingerprint density at radius 2 is 1.93 bits per heavy atom. The van der Waals surface area contributed by atoms with Gasteiger partial charge in [-0.15, -0.1) is 0 Å². The molecule has 0 amide bonds. The number of nitrogens with zero attached hydrogens (tertiary/aromatic N) is 5. The van der Waals surface area contributed by atoms with Gasteiger partial charge >= 0.3 is 0 Å². The largest absolute Gasteiger partial charge is 0.480 e. The number of pyridine rings is 2. The van der Waals surface area contributed by atoms with E-state index in [9.17, 15) is 12.8 Å². The molecule has 0 aliphatic carbocycles. The van der Waals surface area contributed by atoms with Crippen molar-refractivity contribution >= 4 is 32.3 Å². The Balaban J connectivity index is 1.39. The van der Waals surface area contributed by atoms with Crippen molar-refractivity contribution in [2.75, 3.05) is 11.8 Å². The van der Waals surface area contributed by atoms with E-state index in [1.807, 2.05) is 24.3 Å². The number of fused-ring (bicyclic) bond motifs is 2. The third kappa shape index (κ3) is 4.16. The Morgan fingerprint density at radius 1 is 1.10 bits per heavy atom. The van der Waals surface area contributed by atoms with Crippen LogP contribution < -0.4 is 9.46 Å². The van der Waals surface area contributed by atoms with Crippen molar-refractivity contribution < 1.29 is 21.9 Å². The number of methoxy groups -OCH3 is 1. The van der Waals surface area contributed by atoms with Crippen LogP contribution in [0.4, 0.5) is 14.5 Å². The summed E-state index contributed by atoms with van der Waals surface area (Å²) in [6.07, 6.45) is 4.11. The zero-order valence-electron chi connectivity index (χ0n) is 20.6. The van der Waals surface area contributed by atoms with Crippen molar-refractivity contribution in [3.05, 3.63) is 90.5 Å². The lowest BCUT2D eigenvalue weighted by Gasteiger charge is -2.14. The van der Waals surface area contributed by atoms with Crippen LogP contribution in [0.5, 0.6) is 5.88 Å². The molecule has 0 unspecified atom stereocenters. The van der Waals surface area contributed by atoms with Crippen LogP contribution in [0.1, 0.15) is 5.56 Å². The van der Waals surface area contributed by atoms with Gasteiger partial charge in [0, 0.05) is 18.0 Å². The Kier molecular flexibility index (Phi) is 5.89. The number of aromatic amines is 1. The van der Waals surface area contributed by atoms with Crippen LogP contribution in [-0.4, -0.2) is 39.9 Å². The first-order chi connectivity index (χ1) is 19.3. The number of benzene rings is 2. The summed E-state index contributed by atoms with van der Waals surface area (Å²) in [4.78, 5) is 15.5. The number of ether oxygens (including phenoxy) is 1. The number of anilines is 1. The average molecular weight is 558 g/mol. The Morgan fingerprint density at radius 3 is 2.70 bits per heavy atom. The van der Waals surface area contributed by atoms with E-state index in [4.69, 9.17) is 10.00 Å². The standard InChI is InChI=1S/C27H17F2N7O3S/c1-39-27-22(10-15(11-30)12-31-27)40(37,38)35-20-8-7-17(28)23(24(20)29)16-6-9-21-25(32-14-36(21)13-16)26-33-18-4-2-3-5-19(18)34-26/h2-10,12-14,35H,1H3,(H,33,34). The number of hydrogen-bond acceptors (Lipinski definition) is 7. The molecule has 4 heterocycles. The predicted octanol–water partition coefficient (Wildman–Crippen LogP) is 4.90. The lowest BCUT2D eigenvalue weighted by atomic mass is 10.0. The van der Waals surface area contributed by atoms with Crippen LogP contribution in [0.3, 0.4) is 0 Å². The van der Waals surface area contributed by atoms with Crippen molar-refractivity contribution in [2.24, 2.45) is 0 Å². The van der Waals surface area contributed by atoms with Gasteiger partial charge in [-0.2, -0.15) is 5.26 Å². The lowest BCUT2D eigenvalue weighted by Crippen LogP contribution is -2.16. The summed E-state index contributed by atoms with van der Waals surface area (Å²) in [5, 5.41) is 9.13. The summed E-state index contributed by atoms with van der Waals surface area (Å²) in [7, 11) is -3.27. The minimum absolute atomic E-state index is 0.0444. The molecule has 6 aromatic rings. The number of nitriles is 1. The molecule has 2 aromatic carbocycles. The second-order valence-corrected chi connectivity index (χ2v) is 10.3. The van der Waals surface area contributed by atoms with Gasteiger partial charge in [-0.25, -0.2) is 32.2 Å². The summed E-state index contributed by atoms with van der Waals surface area (Å²) < 4.78 is 65.5. The van der Waals surface area contributed by atoms with Crippen molar-refractivity contribution in [1.82, 2.24) is 24.3 Å². The molecular weight excluding hydrogens is 540 g/mol. The van der Waals surface area contributed by atoms with Crippen LogP contribution >= 0.6 is 0 Å². The van der Waals surface area contributed by atoms with Crippen LogP contribution in [0.25, 0.3) is 39.2 Å². The van der Waals surface area contributed by atoms with Gasteiger partial charge in [-0.3, -0.25) is 4.72 Å². The monoisotopic (exact) mass is 557 g/mol. The second-order valence-electron chi connectivity index (χ2n) is 8.64. The van der Waals surface area contributed by atoms with Crippen molar-refractivity contribution in [3.8, 4) is 34.6 Å². The van der Waals surface area contributed by atoms with Gasteiger partial charge < -0.3 is 14.1 Å². The molecule has 0 aliphatic heterocycles. The lowest BCUT2D eigenvalue weighted by molar-refractivity contribution is 0.385. The third-order valence-electron chi connectivity index (χ3n) is 6.20. The van der Waals surface area contributed by atoms with E-state index in [0.717, 1.165) is 35.4 Å². The Hall–Kier alpha value is -5.35. The number of aromatic nitrogens is 5. The molecule has 0 bridgehead atoms. The average Bonchev–Trinajstić information content (AvgIpc) is 3.58. The van der Waals surface area contributed by atoms with Gasteiger partial charge in [-0.1, -0.05) is 18.2 Å². The van der Waals surface area contributed by atoms with Gasteiger partial charge in [-0.05, 0) is 36.4 Å². The van der Waals surface area contributed by atoms with Gasteiger partial charge in [0.25, 0.3) is 10.0 Å². The maximum Gasteiger partial charge on any atom is 0.267 e. The fourth-order valence-electron chi connectivity index (χ4n) is 4.33. The summed E-state index contributed by atoms with van der Waals surface area (Å²) in [6.45, 7) is 0. The minimum Gasteiger partial charge on any atom is -0.480 e. The van der Waals surface area contributed by atoms with Gasteiger partial charge in [0.05, 0.1) is 40.5 Å². The quantitative estimate of drug-likeness (QED) is 0.297. The molecule has 0 fully saturated rings. The van der Waals surface area contributed by atoms with E-state index in [2.05, 4.69) is 24.7 Å². The zero-order chi connectivity index (χ0) is 28.0. The molecule has 0 spiro atoms. The summed E-state index contributed by atoms with van der Waals surface area (Å²) in [5.74, 6) is -1.79. The molecule has 0 aliphatic rings. The van der Waals surface area contributed by atoms with Gasteiger partial charge in [0.15, 0.2) is 16.5 Å². The molecule has 4 aromatic heterocycles. The number of halogens is 2. The Bertz CT molecular complexity index is 2070. The smallest absolute Gasteiger partial charge is 0.267 e. The summed E-state index contributed by atoms with van der Waals surface area (Å²) in [6, 6.07) is 15.4. The molecule has 40 heavy (non-hydrogen) atoms. The van der Waals surface area contributed by atoms with E-state index in [0.29, 0.717) is 17.0 Å². The highest BCUT2D eigenvalue weighted by molar-refractivity contribution is 7.92. The van der Waals surface area contributed by atoms with Gasteiger partial charge in [0.2, 0.25) is 5.88 Å². The molecule has 6 rings (SSSR count). The minimum atomic E-state index is -4.47. The number of para-hydroxylation sites is 2. The normalized spacial score (nSPS) is 11.6. The van der Waals surface area contributed by atoms with Crippen molar-refractivity contribution in [2.45, 2.75) is 4.90 Å². The highest BCUT2D eigenvalue weighted by Gasteiger charge is 2.25. The van der Waals surface area contributed by atoms with Crippen LogP contribution in [-0.2, 0) is 10.0 Å². The second kappa shape index (κ2) is 9.44. The highest BCUT2D eigenvalue weighted by atomic mass is 32.2. The topological polar surface area (TPSA) is 138 Å². The van der Waals surface area contributed by atoms with E-state index in [-0.39, 0.29) is 17.0 Å². The summed E-state index contributed by atoms with van der Waals surface area (Å²) >= 11 is 0. The van der Waals surface area contributed by atoms with Crippen LogP contribution in [0.2, 0.25) is 0 Å². The SMILES string of the molecule is COc1ncc(C#N)cc1S(=O)(=O)Nc1ccc(F)c(-c2ccc3c(-c4nc5ccccc5[nH]4)ncn3c2)c1F. The molecule has 0 radical (unpaired) electrons. The molecule has 13 heteroatoms. The van der Waals surface area contributed by atoms with Crippen LogP contribution in [0, 0.1) is 23.0 Å². The van der Waals surface area contributed by atoms with Crippen LogP contribution in [0.15, 0.2) is 78.2 Å². The number of rotatable bonds is 6. The molecule has 0 saturated carbocycles. The zero-order valence-corrected chi connectivity index (χ0v) is 21.4. The van der Waals surface area contributed by atoms with E-state index >= 15 is 4.39 Å². The number of hydrogen-bond donors (Lipinski definition) is 2. The molecule has 10 nitrogen and oxygen atoms in total. The molecular formula is C27H17F2N7O3S. The predicted molar refractivity (Wildman–Crippen MR) is 142 cm³/mol. The van der Waals surface area contributed by atoms with E-state index in [1.165, 1.54) is 25.7 Å². The van der Waals surface area contributed by atoms with Crippen molar-refractivity contribution in [1.29, 1.82) is 5.26 Å². The highest BCUT2D eigenvalue weighted by Crippen LogP contribution is 2.34. The first kappa shape index (κ1) is 25.0. The fraction of sp³-hybridized carbons (Fsp3) is 0.0370. The van der Waals surface area contributed by atoms with Gasteiger partial charge in [0.1, 0.15) is 23.9 Å². The molecule has 2 N–H and O–H groups in total. The number of H-pyrrole nitrogens is 1. The third-order valence-corrected chi connectivity index (χ3v) is 7.56.